The summed E-state index contributed by atoms with van der Waals surface area (Å²) in [5.74, 6) is 1.55. The Morgan fingerprint density at radius 3 is 2.90 bits per heavy atom. The third-order valence-electron chi connectivity index (χ3n) is 9.50. The Kier molecular flexibility index (Phi) is 5.96. The van der Waals surface area contributed by atoms with Gasteiger partial charge in [0, 0.05) is 43.2 Å². The van der Waals surface area contributed by atoms with Gasteiger partial charge in [0.15, 0.2) is 5.76 Å². The third kappa shape index (κ3) is 3.70. The number of hydrogen-bond donors (Lipinski definition) is 1. The molecule has 9 nitrogen and oxygen atoms in total. The van der Waals surface area contributed by atoms with Crippen LogP contribution in [0.15, 0.2) is 34.0 Å². The van der Waals surface area contributed by atoms with Crippen LogP contribution in [0.2, 0.25) is 0 Å². The van der Waals surface area contributed by atoms with Crippen molar-refractivity contribution >= 4 is 22.9 Å². The van der Waals surface area contributed by atoms with Crippen LogP contribution in [-0.4, -0.2) is 63.6 Å². The summed E-state index contributed by atoms with van der Waals surface area (Å²) in [4.78, 5) is 16.5. The van der Waals surface area contributed by atoms with Gasteiger partial charge >= 0.3 is 0 Å². The van der Waals surface area contributed by atoms with Crippen LogP contribution < -0.4 is 10.5 Å². The van der Waals surface area contributed by atoms with Crippen molar-refractivity contribution in [1.82, 2.24) is 24.6 Å². The minimum absolute atomic E-state index is 0.00180. The molecule has 1 aliphatic heterocycles. The summed E-state index contributed by atoms with van der Waals surface area (Å²) in [7, 11) is 5.95. The number of aliphatic imine (C=N–C) groups is 1. The number of benzene rings is 1. The predicted octanol–water partition coefficient (Wildman–Crippen LogP) is 4.68. The number of aromatic nitrogens is 4. The van der Waals surface area contributed by atoms with E-state index in [2.05, 4.69) is 40.1 Å². The van der Waals surface area contributed by atoms with E-state index in [-0.39, 0.29) is 11.5 Å². The smallest absolute Gasteiger partial charge is 0.241 e. The van der Waals surface area contributed by atoms with E-state index in [4.69, 9.17) is 20.0 Å². The summed E-state index contributed by atoms with van der Waals surface area (Å²) in [6.45, 7) is 3.24. The van der Waals surface area contributed by atoms with Crippen LogP contribution in [0.25, 0.3) is 22.4 Å². The minimum atomic E-state index is -0.254. The molecule has 0 unspecified atom stereocenters. The molecule has 1 spiro atoms. The van der Waals surface area contributed by atoms with Crippen molar-refractivity contribution < 1.29 is 9.26 Å². The number of rotatable bonds is 5. The van der Waals surface area contributed by atoms with Gasteiger partial charge in [0.25, 0.3) is 0 Å². The molecule has 4 aromatic rings. The molecule has 0 saturated carbocycles. The minimum Gasteiger partial charge on any atom is -0.471 e. The first-order valence-electron chi connectivity index (χ1n) is 14.4. The lowest BCUT2D eigenvalue weighted by atomic mass is 9.68. The first-order chi connectivity index (χ1) is 19.4. The van der Waals surface area contributed by atoms with Gasteiger partial charge in [-0.15, -0.1) is 0 Å². The average molecular weight is 540 g/mol. The zero-order valence-electron chi connectivity index (χ0n) is 23.8. The molecule has 3 atom stereocenters. The Bertz CT molecular complexity index is 1640. The number of anilines is 1. The summed E-state index contributed by atoms with van der Waals surface area (Å²) >= 11 is 0. The van der Waals surface area contributed by atoms with Crippen molar-refractivity contribution in [3.63, 3.8) is 0 Å². The highest BCUT2D eigenvalue weighted by Crippen LogP contribution is 2.54. The summed E-state index contributed by atoms with van der Waals surface area (Å²) in [6, 6.07) is 6.55. The van der Waals surface area contributed by atoms with Crippen LogP contribution in [-0.2, 0) is 25.3 Å². The largest absolute Gasteiger partial charge is 0.471 e. The fourth-order valence-corrected chi connectivity index (χ4v) is 7.60. The highest BCUT2D eigenvalue weighted by molar-refractivity contribution is 5.91. The molecular formula is C31H37N7O2. The monoisotopic (exact) mass is 539 g/mol. The number of nitrogen functional groups attached to an aromatic ring is 1. The van der Waals surface area contributed by atoms with E-state index in [0.717, 1.165) is 90.1 Å². The Morgan fingerprint density at radius 1 is 1.23 bits per heavy atom. The summed E-state index contributed by atoms with van der Waals surface area (Å²) in [5.41, 5.74) is 15.0. The average Bonchev–Trinajstić information content (AvgIpc) is 3.73. The van der Waals surface area contributed by atoms with Gasteiger partial charge in [-0.3, -0.25) is 9.89 Å². The summed E-state index contributed by atoms with van der Waals surface area (Å²) in [5, 5.41) is 4.68. The van der Waals surface area contributed by atoms with Crippen molar-refractivity contribution in [1.29, 1.82) is 0 Å². The highest BCUT2D eigenvalue weighted by Gasteiger charge is 2.49. The SMILES string of the molecule is CN=Cc1c(N)ccc2c1[C@]1(CCCc3c(-c4cc5ncn(C)c5c(O[C@@H](C)[C@@H]5CCCN5C)n4)noc31)CC2. The molecule has 2 aliphatic carbocycles. The van der Waals surface area contributed by atoms with E-state index in [9.17, 15) is 0 Å². The Balaban J connectivity index is 1.34. The number of likely N-dealkylation sites (tertiary alicyclic amines) is 1. The zero-order chi connectivity index (χ0) is 27.6. The molecule has 0 bridgehead atoms. The van der Waals surface area contributed by atoms with Gasteiger partial charge in [0.05, 0.1) is 23.0 Å². The van der Waals surface area contributed by atoms with Gasteiger partial charge in [-0.05, 0) is 88.7 Å². The number of nitrogens with zero attached hydrogens (tertiary/aromatic N) is 6. The van der Waals surface area contributed by atoms with Crippen LogP contribution in [0.4, 0.5) is 5.69 Å². The molecule has 1 fully saturated rings. The van der Waals surface area contributed by atoms with Gasteiger partial charge in [0.1, 0.15) is 17.3 Å². The fourth-order valence-electron chi connectivity index (χ4n) is 7.60. The van der Waals surface area contributed by atoms with E-state index >= 15 is 0 Å². The Labute approximate surface area is 234 Å². The third-order valence-corrected chi connectivity index (χ3v) is 9.50. The number of likely N-dealkylation sites (N-methyl/N-ethyl adjacent to an activating group) is 1. The maximum atomic E-state index is 6.60. The second-order valence-corrected chi connectivity index (χ2v) is 11.8. The van der Waals surface area contributed by atoms with Crippen molar-refractivity contribution in [3.05, 3.63) is 52.5 Å². The maximum absolute atomic E-state index is 6.60. The van der Waals surface area contributed by atoms with Crippen LogP contribution in [0, 0.1) is 0 Å². The highest BCUT2D eigenvalue weighted by atomic mass is 16.5. The maximum Gasteiger partial charge on any atom is 0.241 e. The van der Waals surface area contributed by atoms with Gasteiger partial charge in [0.2, 0.25) is 5.88 Å². The van der Waals surface area contributed by atoms with Crippen LogP contribution in [0.1, 0.15) is 67.0 Å². The van der Waals surface area contributed by atoms with Crippen molar-refractivity contribution in [3.8, 4) is 17.3 Å². The fraction of sp³-hybridized carbons (Fsp3) is 0.484. The van der Waals surface area contributed by atoms with Gasteiger partial charge in [-0.25, -0.2) is 9.97 Å². The number of aryl methyl sites for hydroxylation is 2. The normalized spacial score (nSPS) is 23.4. The van der Waals surface area contributed by atoms with Crippen molar-refractivity contribution in [2.75, 3.05) is 26.4 Å². The lowest BCUT2D eigenvalue weighted by Gasteiger charge is -2.33. The molecule has 3 aliphatic rings. The molecule has 1 saturated heterocycles. The first-order valence-corrected chi connectivity index (χ1v) is 14.4. The predicted molar refractivity (Wildman–Crippen MR) is 156 cm³/mol. The molecule has 3 aromatic heterocycles. The van der Waals surface area contributed by atoms with Crippen LogP contribution in [0.3, 0.4) is 0 Å². The number of ether oxygens (including phenoxy) is 1. The first kappa shape index (κ1) is 25.3. The van der Waals surface area contributed by atoms with Crippen LogP contribution in [0.5, 0.6) is 5.88 Å². The standard InChI is InChI=1S/C31H37N7O2/c1-18(25-8-6-14-37(25)3)39-30-28-24(34-17-38(28)4)15-23(35-30)27-20-7-5-12-31(29(20)40-36-27)13-11-19-9-10-22(32)21(16-33-2)26(19)31/h9-10,15-18,25H,5-8,11-14,32H2,1-4H3/t18-,25-,31-/m0/s1. The molecule has 4 heterocycles. The Hall–Kier alpha value is -3.72. The Morgan fingerprint density at radius 2 is 2.10 bits per heavy atom. The number of imidazole rings is 1. The number of nitrogens with two attached hydrogens (primary N) is 1. The van der Waals surface area contributed by atoms with Gasteiger partial charge in [-0.1, -0.05) is 11.2 Å². The molecule has 208 valence electrons. The number of fused-ring (bicyclic) bond motifs is 5. The van der Waals surface area contributed by atoms with E-state index in [1.807, 2.05) is 36.3 Å². The zero-order valence-corrected chi connectivity index (χ0v) is 23.8. The van der Waals surface area contributed by atoms with Crippen molar-refractivity contribution in [2.45, 2.75) is 69.4 Å². The van der Waals surface area contributed by atoms with Crippen molar-refractivity contribution in [2.24, 2.45) is 12.0 Å². The lowest BCUT2D eigenvalue weighted by molar-refractivity contribution is 0.118. The summed E-state index contributed by atoms with van der Waals surface area (Å²) < 4.78 is 14.9. The van der Waals surface area contributed by atoms with Gasteiger partial charge < -0.3 is 19.6 Å². The topological polar surface area (TPSA) is 108 Å². The molecule has 2 N–H and O–H groups in total. The second-order valence-electron chi connectivity index (χ2n) is 11.8. The van der Waals surface area contributed by atoms with E-state index in [1.54, 1.807) is 7.05 Å². The number of pyridine rings is 1. The second kappa shape index (κ2) is 9.44. The molecule has 7 rings (SSSR count). The van der Waals surface area contributed by atoms with E-state index < -0.39 is 0 Å². The molecule has 0 amide bonds. The number of hydrogen-bond acceptors (Lipinski definition) is 8. The van der Waals surface area contributed by atoms with E-state index in [0.29, 0.717) is 11.9 Å². The molecule has 40 heavy (non-hydrogen) atoms. The lowest BCUT2D eigenvalue weighted by Crippen LogP contribution is -2.38. The quantitative estimate of drug-likeness (QED) is 0.290. The molecular weight excluding hydrogens is 502 g/mol. The van der Waals surface area contributed by atoms with E-state index in [1.165, 1.54) is 17.5 Å². The molecule has 9 heteroatoms. The summed E-state index contributed by atoms with van der Waals surface area (Å²) in [6.07, 6.45) is 10.9. The molecule has 0 radical (unpaired) electrons. The van der Waals surface area contributed by atoms with Gasteiger partial charge in [-0.2, -0.15) is 0 Å². The molecule has 1 aromatic carbocycles. The van der Waals surface area contributed by atoms with Crippen LogP contribution >= 0.6 is 0 Å².